The molecule has 1 aromatic carbocycles. The topological polar surface area (TPSA) is 94.6 Å². The van der Waals surface area contributed by atoms with Crippen LogP contribution < -0.4 is 0 Å². The van der Waals surface area contributed by atoms with Gasteiger partial charge in [-0.05, 0) is 53.8 Å². The van der Waals surface area contributed by atoms with E-state index in [2.05, 4.69) is 25.8 Å². The molecule has 1 fully saturated rings. The highest BCUT2D eigenvalue weighted by molar-refractivity contribution is 5.80. The Morgan fingerprint density at radius 2 is 2.10 bits per heavy atom. The number of hydrogen-bond donors (Lipinski definition) is 0. The van der Waals surface area contributed by atoms with Crippen molar-refractivity contribution in [3.05, 3.63) is 53.9 Å². The molecule has 4 rings (SSSR count). The lowest BCUT2D eigenvalue weighted by molar-refractivity contribution is -0.136. The number of carbonyl (C=O) groups is 1. The lowest BCUT2D eigenvalue weighted by atomic mass is 9.95. The molecule has 0 saturated carbocycles. The van der Waals surface area contributed by atoms with Gasteiger partial charge in [0.05, 0.1) is 6.20 Å². The smallest absolute Gasteiger partial charge is 0.247 e. The number of aryl methyl sites for hydroxylation is 1. The van der Waals surface area contributed by atoms with Crippen LogP contribution in [-0.4, -0.2) is 59.1 Å². The monoisotopic (exact) mass is 398 g/mol. The lowest BCUT2D eigenvalue weighted by Gasteiger charge is -2.34. The number of halogens is 1. The zero-order valence-corrected chi connectivity index (χ0v) is 16.2. The second-order valence-corrected chi connectivity index (χ2v) is 7.41. The number of nitrogens with zero attached hydrogens (tertiary/aromatic N) is 8. The molecule has 0 N–H and O–H groups in total. The van der Waals surface area contributed by atoms with Gasteiger partial charge in [0, 0.05) is 32.3 Å². The Labute approximate surface area is 167 Å². The van der Waals surface area contributed by atoms with Crippen molar-refractivity contribution >= 4 is 5.91 Å². The number of amides is 1. The fourth-order valence-electron chi connectivity index (χ4n) is 3.83. The van der Waals surface area contributed by atoms with Gasteiger partial charge >= 0.3 is 0 Å². The quantitative estimate of drug-likeness (QED) is 0.624. The number of likely N-dealkylation sites (tertiary alicyclic amines) is 1. The maximum atomic E-state index is 13.6. The molecule has 1 aliphatic heterocycles. The van der Waals surface area contributed by atoms with Crippen LogP contribution in [-0.2, 0) is 17.8 Å². The van der Waals surface area contributed by atoms with Gasteiger partial charge in [-0.3, -0.25) is 9.48 Å². The van der Waals surface area contributed by atoms with Crippen LogP contribution in [0.1, 0.15) is 30.3 Å². The Morgan fingerprint density at radius 1 is 1.28 bits per heavy atom. The summed E-state index contributed by atoms with van der Waals surface area (Å²) in [5.74, 6) is 0.651. The first-order valence-electron chi connectivity index (χ1n) is 9.72. The van der Waals surface area contributed by atoms with Crippen molar-refractivity contribution in [2.24, 2.45) is 5.92 Å². The Bertz CT molecular complexity index is 949. The summed E-state index contributed by atoms with van der Waals surface area (Å²) < 4.78 is 17.0. The minimum Gasteiger partial charge on any atom is -0.341 e. The molecule has 0 radical (unpaired) electrons. The summed E-state index contributed by atoms with van der Waals surface area (Å²) >= 11 is 0. The molecule has 0 spiro atoms. The SMILES string of the molecule is Cc1nnnn1C(Cc1cccc(F)c1)C(=O)N1CCC(Cn2ccnn2)CC1. The van der Waals surface area contributed by atoms with Crippen LogP contribution in [0.2, 0.25) is 0 Å². The molecular weight excluding hydrogens is 375 g/mol. The van der Waals surface area contributed by atoms with Gasteiger partial charge in [-0.2, -0.15) is 0 Å². The molecule has 152 valence electrons. The third-order valence-electron chi connectivity index (χ3n) is 5.40. The number of carbonyl (C=O) groups excluding carboxylic acids is 1. The van der Waals surface area contributed by atoms with E-state index in [9.17, 15) is 9.18 Å². The molecule has 1 saturated heterocycles. The molecule has 3 heterocycles. The van der Waals surface area contributed by atoms with E-state index in [0.717, 1.165) is 24.9 Å². The molecule has 1 unspecified atom stereocenters. The van der Waals surface area contributed by atoms with Crippen LogP contribution in [0.5, 0.6) is 0 Å². The average molecular weight is 398 g/mol. The van der Waals surface area contributed by atoms with Crippen molar-refractivity contribution in [3.8, 4) is 0 Å². The maximum Gasteiger partial charge on any atom is 0.247 e. The highest BCUT2D eigenvalue weighted by Gasteiger charge is 2.31. The standard InChI is InChI=1S/C19H23FN8O/c1-14-22-23-25-28(14)18(12-16-3-2-4-17(20)11-16)19(29)26-8-5-15(6-9-26)13-27-10-7-21-24-27/h2-4,7,10-11,15,18H,5-6,8-9,12-13H2,1H3. The third-order valence-corrected chi connectivity index (χ3v) is 5.40. The van der Waals surface area contributed by atoms with E-state index in [-0.39, 0.29) is 11.7 Å². The summed E-state index contributed by atoms with van der Waals surface area (Å²) in [5.41, 5.74) is 0.735. The minimum absolute atomic E-state index is 0.0381. The first-order valence-corrected chi connectivity index (χ1v) is 9.72. The summed E-state index contributed by atoms with van der Waals surface area (Å²) in [4.78, 5) is 15.2. The molecule has 1 atom stereocenters. The molecule has 10 heteroatoms. The Hall–Kier alpha value is -3.17. The van der Waals surface area contributed by atoms with Crippen LogP contribution in [0, 0.1) is 18.7 Å². The van der Waals surface area contributed by atoms with Crippen molar-refractivity contribution in [2.75, 3.05) is 13.1 Å². The number of aromatic nitrogens is 7. The van der Waals surface area contributed by atoms with Crippen molar-refractivity contribution in [2.45, 2.75) is 38.8 Å². The van der Waals surface area contributed by atoms with Gasteiger partial charge in [0.25, 0.3) is 0 Å². The van der Waals surface area contributed by atoms with Crippen LogP contribution in [0.15, 0.2) is 36.7 Å². The normalized spacial score (nSPS) is 16.1. The van der Waals surface area contributed by atoms with E-state index in [1.54, 1.807) is 19.2 Å². The molecule has 0 aliphatic carbocycles. The fraction of sp³-hybridized carbons (Fsp3) is 0.474. The Morgan fingerprint density at radius 3 is 2.76 bits per heavy atom. The van der Waals surface area contributed by atoms with Crippen LogP contribution in [0.4, 0.5) is 4.39 Å². The number of rotatable bonds is 6. The summed E-state index contributed by atoms with van der Waals surface area (Å²) in [5, 5.41) is 19.5. The lowest BCUT2D eigenvalue weighted by Crippen LogP contribution is -2.44. The summed E-state index contributed by atoms with van der Waals surface area (Å²) in [6, 6.07) is 5.70. The molecular formula is C19H23FN8O. The van der Waals surface area contributed by atoms with E-state index in [0.29, 0.717) is 31.3 Å². The average Bonchev–Trinajstić information content (AvgIpc) is 3.38. The van der Waals surface area contributed by atoms with E-state index in [1.165, 1.54) is 16.8 Å². The number of tetrazole rings is 1. The number of piperidine rings is 1. The highest BCUT2D eigenvalue weighted by Crippen LogP contribution is 2.24. The maximum absolute atomic E-state index is 13.6. The molecule has 29 heavy (non-hydrogen) atoms. The molecule has 1 amide bonds. The first-order chi connectivity index (χ1) is 14.1. The highest BCUT2D eigenvalue weighted by atomic mass is 19.1. The van der Waals surface area contributed by atoms with Crippen molar-refractivity contribution in [1.29, 1.82) is 0 Å². The third kappa shape index (κ3) is 4.47. The molecule has 1 aliphatic rings. The van der Waals surface area contributed by atoms with Crippen molar-refractivity contribution in [1.82, 2.24) is 40.1 Å². The van der Waals surface area contributed by atoms with Crippen LogP contribution in [0.25, 0.3) is 0 Å². The zero-order valence-electron chi connectivity index (χ0n) is 16.2. The number of benzene rings is 1. The predicted molar refractivity (Wildman–Crippen MR) is 101 cm³/mol. The van der Waals surface area contributed by atoms with Gasteiger partial charge in [-0.15, -0.1) is 10.2 Å². The van der Waals surface area contributed by atoms with Crippen molar-refractivity contribution in [3.63, 3.8) is 0 Å². The van der Waals surface area contributed by atoms with E-state index in [1.807, 2.05) is 21.8 Å². The first kappa shape index (κ1) is 19.2. The van der Waals surface area contributed by atoms with Gasteiger partial charge in [0.1, 0.15) is 17.7 Å². The van der Waals surface area contributed by atoms with E-state index >= 15 is 0 Å². The van der Waals surface area contributed by atoms with Gasteiger partial charge in [-0.1, -0.05) is 17.3 Å². The van der Waals surface area contributed by atoms with Crippen LogP contribution in [0.3, 0.4) is 0 Å². The molecule has 0 bridgehead atoms. The minimum atomic E-state index is -0.598. The van der Waals surface area contributed by atoms with Gasteiger partial charge in [0.15, 0.2) is 0 Å². The number of hydrogen-bond acceptors (Lipinski definition) is 6. The van der Waals surface area contributed by atoms with Gasteiger partial charge < -0.3 is 4.90 Å². The van der Waals surface area contributed by atoms with E-state index in [4.69, 9.17) is 0 Å². The zero-order chi connectivity index (χ0) is 20.2. The second-order valence-electron chi connectivity index (χ2n) is 7.41. The second kappa shape index (κ2) is 8.46. The fourth-order valence-corrected chi connectivity index (χ4v) is 3.83. The summed E-state index contributed by atoms with van der Waals surface area (Å²) in [7, 11) is 0. The van der Waals surface area contributed by atoms with Gasteiger partial charge in [0.2, 0.25) is 5.91 Å². The predicted octanol–water partition coefficient (Wildman–Crippen LogP) is 1.43. The largest absolute Gasteiger partial charge is 0.341 e. The van der Waals surface area contributed by atoms with Gasteiger partial charge in [-0.25, -0.2) is 9.07 Å². The Kier molecular flexibility index (Phi) is 5.59. The van der Waals surface area contributed by atoms with E-state index < -0.39 is 6.04 Å². The van der Waals surface area contributed by atoms with Crippen LogP contribution >= 0.6 is 0 Å². The van der Waals surface area contributed by atoms with Crippen molar-refractivity contribution < 1.29 is 9.18 Å². The molecule has 2 aromatic heterocycles. The summed E-state index contributed by atoms with van der Waals surface area (Å²) in [6.07, 6.45) is 5.65. The molecule has 9 nitrogen and oxygen atoms in total. The Balaban J connectivity index is 1.46. The summed E-state index contributed by atoms with van der Waals surface area (Å²) in [6.45, 7) is 3.90. The molecule has 3 aromatic rings.